The van der Waals surface area contributed by atoms with Crippen molar-refractivity contribution in [2.45, 2.75) is 6.54 Å². The first-order chi connectivity index (χ1) is 8.04. The highest BCUT2D eigenvalue weighted by Crippen LogP contribution is 2.12. The Morgan fingerprint density at radius 3 is 2.71 bits per heavy atom. The minimum Gasteiger partial charge on any atom is -0.383 e. The molecular weight excluding hydrogens is 224 g/mol. The fourth-order valence-corrected chi connectivity index (χ4v) is 1.52. The molecular formula is C9H10N6O2. The fraction of sp³-hybridized carbons (Fsp3) is 0.111. The van der Waals surface area contributed by atoms with Crippen molar-refractivity contribution in [2.75, 3.05) is 11.5 Å². The molecule has 0 unspecified atom stereocenters. The molecule has 8 nitrogen and oxygen atoms in total. The molecule has 2 aromatic heterocycles. The number of anilines is 2. The van der Waals surface area contributed by atoms with Crippen LogP contribution in [0.25, 0.3) is 11.0 Å². The molecule has 0 saturated carbocycles. The number of rotatable bonds is 2. The molecule has 0 aliphatic heterocycles. The molecule has 0 saturated heterocycles. The van der Waals surface area contributed by atoms with Crippen molar-refractivity contribution in [1.29, 1.82) is 0 Å². The third-order valence-electron chi connectivity index (χ3n) is 2.20. The lowest BCUT2D eigenvalue weighted by Crippen LogP contribution is -2.31. The van der Waals surface area contributed by atoms with E-state index in [9.17, 15) is 9.59 Å². The molecule has 88 valence electrons. The van der Waals surface area contributed by atoms with E-state index in [4.69, 9.17) is 11.5 Å². The van der Waals surface area contributed by atoms with Crippen LogP contribution in [-0.4, -0.2) is 19.5 Å². The molecule has 0 bridgehead atoms. The quantitative estimate of drug-likeness (QED) is 0.561. The summed E-state index contributed by atoms with van der Waals surface area (Å²) in [6.07, 6.45) is 1.49. The van der Waals surface area contributed by atoms with Crippen molar-refractivity contribution in [3.05, 3.63) is 33.5 Å². The number of hydrogen-bond donors (Lipinski definition) is 3. The van der Waals surface area contributed by atoms with Crippen molar-refractivity contribution in [3.63, 3.8) is 0 Å². The van der Waals surface area contributed by atoms with Gasteiger partial charge in [0, 0.05) is 6.54 Å². The van der Waals surface area contributed by atoms with Gasteiger partial charge in [0.05, 0.1) is 0 Å². The predicted octanol–water partition coefficient (Wildman–Crippen LogP) is -1.17. The fourth-order valence-electron chi connectivity index (χ4n) is 1.52. The molecule has 17 heavy (non-hydrogen) atoms. The lowest BCUT2D eigenvalue weighted by molar-refractivity contribution is 0.763. The van der Waals surface area contributed by atoms with Crippen LogP contribution in [0.2, 0.25) is 0 Å². The first-order valence-corrected chi connectivity index (χ1v) is 4.71. The Bertz CT molecular complexity index is 714. The summed E-state index contributed by atoms with van der Waals surface area (Å²) in [6, 6.07) is 0. The number of allylic oxidation sites excluding steroid dienone is 1. The normalized spacial score (nSPS) is 10.6. The summed E-state index contributed by atoms with van der Waals surface area (Å²) < 4.78 is 1.21. The number of nitrogen functional groups attached to an aromatic ring is 2. The zero-order chi connectivity index (χ0) is 12.6. The summed E-state index contributed by atoms with van der Waals surface area (Å²) in [5.74, 6) is -0.163. The van der Waals surface area contributed by atoms with E-state index in [0.29, 0.717) is 0 Å². The van der Waals surface area contributed by atoms with E-state index in [-0.39, 0.29) is 29.3 Å². The van der Waals surface area contributed by atoms with Gasteiger partial charge in [-0.3, -0.25) is 14.3 Å². The van der Waals surface area contributed by atoms with Crippen LogP contribution in [0.3, 0.4) is 0 Å². The number of hydrogen-bond acceptors (Lipinski definition) is 6. The van der Waals surface area contributed by atoms with Gasteiger partial charge in [-0.25, -0.2) is 4.79 Å². The van der Waals surface area contributed by atoms with Gasteiger partial charge in [0.1, 0.15) is 11.2 Å². The monoisotopic (exact) mass is 234 g/mol. The molecule has 8 heteroatoms. The Morgan fingerprint density at radius 2 is 2.06 bits per heavy atom. The van der Waals surface area contributed by atoms with E-state index in [2.05, 4.69) is 21.5 Å². The second-order valence-corrected chi connectivity index (χ2v) is 3.32. The molecule has 0 spiro atoms. The van der Waals surface area contributed by atoms with Gasteiger partial charge in [0.2, 0.25) is 5.95 Å². The summed E-state index contributed by atoms with van der Waals surface area (Å²) in [5.41, 5.74) is 9.88. The second kappa shape index (κ2) is 3.74. The standard InChI is InChI=1S/C9H10N6O2/c1-2-3-15-6-4(7(16)14-9(15)17)5(10)12-8(11)13-6/h2H,1,3H2,(H,14,16,17)(H4,10,11,12,13). The van der Waals surface area contributed by atoms with Crippen LogP contribution in [0.1, 0.15) is 0 Å². The van der Waals surface area contributed by atoms with E-state index < -0.39 is 11.2 Å². The first kappa shape index (κ1) is 10.9. The maximum Gasteiger partial charge on any atom is 0.330 e. The third-order valence-corrected chi connectivity index (χ3v) is 2.20. The van der Waals surface area contributed by atoms with Gasteiger partial charge in [-0.1, -0.05) is 6.08 Å². The highest BCUT2D eigenvalue weighted by atomic mass is 16.2. The van der Waals surface area contributed by atoms with Crippen molar-refractivity contribution >= 4 is 22.8 Å². The minimum absolute atomic E-state index is 0.0423. The molecule has 0 aliphatic carbocycles. The zero-order valence-corrected chi connectivity index (χ0v) is 8.80. The number of fused-ring (bicyclic) bond motifs is 1. The summed E-state index contributed by atoms with van der Waals surface area (Å²) in [6.45, 7) is 3.70. The maximum absolute atomic E-state index is 11.6. The second-order valence-electron chi connectivity index (χ2n) is 3.32. The lowest BCUT2D eigenvalue weighted by Gasteiger charge is -2.07. The van der Waals surface area contributed by atoms with Crippen molar-refractivity contribution in [3.8, 4) is 0 Å². The first-order valence-electron chi connectivity index (χ1n) is 4.71. The molecule has 2 aromatic rings. The van der Waals surface area contributed by atoms with Crippen LogP contribution in [0.15, 0.2) is 22.2 Å². The number of aromatic nitrogens is 4. The number of nitrogens with zero attached hydrogens (tertiary/aromatic N) is 3. The summed E-state index contributed by atoms with van der Waals surface area (Å²) >= 11 is 0. The average Bonchev–Trinajstić information content (AvgIpc) is 2.22. The Labute approximate surface area is 94.6 Å². The molecule has 0 aliphatic rings. The smallest absolute Gasteiger partial charge is 0.330 e. The molecule has 0 radical (unpaired) electrons. The van der Waals surface area contributed by atoms with Crippen LogP contribution in [0.4, 0.5) is 11.8 Å². The third kappa shape index (κ3) is 1.65. The van der Waals surface area contributed by atoms with Gasteiger partial charge in [-0.15, -0.1) is 6.58 Å². The molecule has 0 amide bonds. The Balaban J connectivity index is 3.04. The highest BCUT2D eigenvalue weighted by molar-refractivity contribution is 5.85. The van der Waals surface area contributed by atoms with E-state index in [1.165, 1.54) is 10.6 Å². The van der Waals surface area contributed by atoms with Gasteiger partial charge in [0.25, 0.3) is 5.56 Å². The summed E-state index contributed by atoms with van der Waals surface area (Å²) in [7, 11) is 0. The topological polar surface area (TPSA) is 133 Å². The molecule has 0 aromatic carbocycles. The van der Waals surface area contributed by atoms with Crippen molar-refractivity contribution in [1.82, 2.24) is 19.5 Å². The van der Waals surface area contributed by atoms with Crippen LogP contribution in [-0.2, 0) is 6.54 Å². The van der Waals surface area contributed by atoms with Crippen molar-refractivity contribution in [2.24, 2.45) is 0 Å². The summed E-state index contributed by atoms with van der Waals surface area (Å²) in [5, 5.41) is 0.0423. The number of nitrogens with one attached hydrogen (secondary N) is 1. The van der Waals surface area contributed by atoms with Gasteiger partial charge in [-0.05, 0) is 0 Å². The van der Waals surface area contributed by atoms with E-state index in [1.54, 1.807) is 0 Å². The summed E-state index contributed by atoms with van der Waals surface area (Å²) in [4.78, 5) is 32.8. The highest BCUT2D eigenvalue weighted by Gasteiger charge is 2.12. The SMILES string of the molecule is C=CCn1c(=O)[nH]c(=O)c2c(N)nc(N)nc21. The van der Waals surface area contributed by atoms with Crippen LogP contribution in [0.5, 0.6) is 0 Å². The number of aromatic amines is 1. The average molecular weight is 234 g/mol. The Hall–Kier alpha value is -2.64. The van der Waals surface area contributed by atoms with Gasteiger partial charge >= 0.3 is 5.69 Å². The van der Waals surface area contributed by atoms with Gasteiger partial charge < -0.3 is 11.5 Å². The molecule has 0 atom stereocenters. The van der Waals surface area contributed by atoms with E-state index in [1.807, 2.05) is 0 Å². The molecule has 0 fully saturated rings. The zero-order valence-electron chi connectivity index (χ0n) is 8.80. The Kier molecular flexibility index (Phi) is 2.39. The van der Waals surface area contributed by atoms with Crippen LogP contribution < -0.4 is 22.7 Å². The van der Waals surface area contributed by atoms with Crippen molar-refractivity contribution < 1.29 is 0 Å². The largest absolute Gasteiger partial charge is 0.383 e. The van der Waals surface area contributed by atoms with Gasteiger partial charge in [0.15, 0.2) is 5.65 Å². The lowest BCUT2D eigenvalue weighted by atomic mass is 10.3. The minimum atomic E-state index is -0.636. The van der Waals surface area contributed by atoms with Crippen LogP contribution >= 0.6 is 0 Å². The number of nitrogens with two attached hydrogens (primary N) is 2. The van der Waals surface area contributed by atoms with E-state index in [0.717, 1.165) is 0 Å². The van der Waals surface area contributed by atoms with Crippen LogP contribution in [0, 0.1) is 0 Å². The molecule has 2 heterocycles. The van der Waals surface area contributed by atoms with Gasteiger partial charge in [-0.2, -0.15) is 9.97 Å². The van der Waals surface area contributed by atoms with E-state index >= 15 is 0 Å². The predicted molar refractivity (Wildman–Crippen MR) is 63.4 cm³/mol. The Morgan fingerprint density at radius 1 is 1.35 bits per heavy atom. The number of H-pyrrole nitrogens is 1. The molecule has 5 N–H and O–H groups in total. The maximum atomic E-state index is 11.6. The molecule has 2 rings (SSSR count).